The topological polar surface area (TPSA) is 35.5 Å². The van der Waals surface area contributed by atoms with Gasteiger partial charge in [-0.25, -0.2) is 4.79 Å². The minimum Gasteiger partial charge on any atom is -0.423 e. The van der Waals surface area contributed by atoms with Gasteiger partial charge >= 0.3 is 5.97 Å². The molecule has 0 spiro atoms. The maximum Gasteiger partial charge on any atom is 0.343 e. The van der Waals surface area contributed by atoms with Crippen molar-refractivity contribution in [1.82, 2.24) is 0 Å². The van der Waals surface area contributed by atoms with E-state index in [1.165, 1.54) is 63.4 Å². The SMILES string of the molecule is CCCCCCCCc1ccc(C(=O)Oc2ccc(C(C)OCCCCCC)cc2)cc1. The van der Waals surface area contributed by atoms with Gasteiger partial charge in [0.1, 0.15) is 5.75 Å². The fourth-order valence-corrected chi connectivity index (χ4v) is 3.77. The van der Waals surface area contributed by atoms with Crippen LogP contribution in [0.4, 0.5) is 0 Å². The standard InChI is InChI=1S/C29H42O3/c1-4-6-8-10-11-12-14-25-15-17-27(18-16-25)29(30)32-28-21-19-26(20-22-28)24(3)31-23-13-9-7-5-2/h15-22,24H,4-14,23H2,1-3H3. The van der Waals surface area contributed by atoms with Gasteiger partial charge in [-0.3, -0.25) is 0 Å². The van der Waals surface area contributed by atoms with Crippen molar-refractivity contribution in [2.75, 3.05) is 6.61 Å². The van der Waals surface area contributed by atoms with Gasteiger partial charge in [-0.15, -0.1) is 0 Å². The van der Waals surface area contributed by atoms with Crippen LogP contribution >= 0.6 is 0 Å². The highest BCUT2D eigenvalue weighted by Crippen LogP contribution is 2.22. The van der Waals surface area contributed by atoms with Crippen LogP contribution in [0.1, 0.15) is 113 Å². The van der Waals surface area contributed by atoms with Crippen LogP contribution in [0.15, 0.2) is 48.5 Å². The van der Waals surface area contributed by atoms with Crippen LogP contribution in [0.25, 0.3) is 0 Å². The molecule has 3 heteroatoms. The van der Waals surface area contributed by atoms with Gasteiger partial charge in [0, 0.05) is 6.61 Å². The first-order valence-corrected chi connectivity index (χ1v) is 12.7. The molecule has 0 N–H and O–H groups in total. The van der Waals surface area contributed by atoms with Crippen molar-refractivity contribution < 1.29 is 14.3 Å². The molecule has 2 rings (SSSR count). The smallest absolute Gasteiger partial charge is 0.343 e. The largest absolute Gasteiger partial charge is 0.423 e. The van der Waals surface area contributed by atoms with Gasteiger partial charge in [-0.05, 0) is 61.6 Å². The van der Waals surface area contributed by atoms with Crippen molar-refractivity contribution in [1.29, 1.82) is 0 Å². The molecule has 176 valence electrons. The Bertz CT molecular complexity index is 749. The van der Waals surface area contributed by atoms with Crippen molar-refractivity contribution in [3.05, 3.63) is 65.2 Å². The fraction of sp³-hybridized carbons (Fsp3) is 0.552. The van der Waals surface area contributed by atoms with E-state index in [2.05, 4.69) is 20.8 Å². The summed E-state index contributed by atoms with van der Waals surface area (Å²) in [4.78, 5) is 12.5. The summed E-state index contributed by atoms with van der Waals surface area (Å²) in [5.41, 5.74) is 2.97. The molecule has 0 aliphatic carbocycles. The third-order valence-electron chi connectivity index (χ3n) is 5.93. The molecular formula is C29H42O3. The Morgan fingerprint density at radius 1 is 0.750 bits per heavy atom. The minimum absolute atomic E-state index is 0.0422. The third-order valence-corrected chi connectivity index (χ3v) is 5.93. The number of hydrogen-bond acceptors (Lipinski definition) is 3. The van der Waals surface area contributed by atoms with Crippen LogP contribution in [-0.2, 0) is 11.2 Å². The van der Waals surface area contributed by atoms with E-state index in [0.717, 1.165) is 25.0 Å². The Labute approximate surface area is 195 Å². The summed E-state index contributed by atoms with van der Waals surface area (Å²) in [6.45, 7) is 7.30. The van der Waals surface area contributed by atoms with Crippen LogP contribution in [-0.4, -0.2) is 12.6 Å². The van der Waals surface area contributed by atoms with Crippen LogP contribution in [0.3, 0.4) is 0 Å². The van der Waals surface area contributed by atoms with Gasteiger partial charge in [0.15, 0.2) is 0 Å². The molecular weight excluding hydrogens is 396 g/mol. The summed E-state index contributed by atoms with van der Waals surface area (Å²) in [7, 11) is 0. The maximum atomic E-state index is 12.5. The highest BCUT2D eigenvalue weighted by Gasteiger charge is 2.10. The molecule has 0 radical (unpaired) electrons. The summed E-state index contributed by atoms with van der Waals surface area (Å²) >= 11 is 0. The number of unbranched alkanes of at least 4 members (excludes halogenated alkanes) is 8. The Morgan fingerprint density at radius 3 is 2.00 bits per heavy atom. The minimum atomic E-state index is -0.316. The fourth-order valence-electron chi connectivity index (χ4n) is 3.77. The van der Waals surface area contributed by atoms with E-state index in [-0.39, 0.29) is 12.1 Å². The molecule has 1 atom stereocenters. The molecule has 0 saturated heterocycles. The average molecular weight is 439 g/mol. The first-order valence-electron chi connectivity index (χ1n) is 12.7. The maximum absolute atomic E-state index is 12.5. The normalized spacial score (nSPS) is 12.0. The number of carbonyl (C=O) groups is 1. The van der Waals surface area contributed by atoms with Crippen molar-refractivity contribution in [3.63, 3.8) is 0 Å². The predicted molar refractivity (Wildman–Crippen MR) is 133 cm³/mol. The summed E-state index contributed by atoms with van der Waals surface area (Å²) in [6.07, 6.45) is 13.7. The summed E-state index contributed by atoms with van der Waals surface area (Å²) in [5.74, 6) is 0.245. The molecule has 0 fully saturated rings. The molecule has 0 aromatic heterocycles. The zero-order chi connectivity index (χ0) is 23.0. The van der Waals surface area contributed by atoms with Crippen molar-refractivity contribution in [3.8, 4) is 5.75 Å². The van der Waals surface area contributed by atoms with E-state index in [1.54, 1.807) is 0 Å². The zero-order valence-corrected chi connectivity index (χ0v) is 20.4. The van der Waals surface area contributed by atoms with Gasteiger partial charge in [-0.1, -0.05) is 89.5 Å². The monoisotopic (exact) mass is 438 g/mol. The number of rotatable bonds is 16. The van der Waals surface area contributed by atoms with Crippen molar-refractivity contribution in [2.45, 2.75) is 97.5 Å². The highest BCUT2D eigenvalue weighted by atomic mass is 16.5. The first-order chi connectivity index (χ1) is 15.6. The number of carbonyl (C=O) groups excluding carboxylic acids is 1. The number of benzene rings is 2. The van der Waals surface area contributed by atoms with Crippen LogP contribution < -0.4 is 4.74 Å². The van der Waals surface area contributed by atoms with Gasteiger partial charge in [0.05, 0.1) is 11.7 Å². The average Bonchev–Trinajstić information content (AvgIpc) is 2.82. The third kappa shape index (κ3) is 9.99. The Kier molecular flexibility index (Phi) is 12.8. The lowest BCUT2D eigenvalue weighted by molar-refractivity contribution is 0.0627. The highest BCUT2D eigenvalue weighted by molar-refractivity contribution is 5.91. The molecule has 0 saturated carbocycles. The van der Waals surface area contributed by atoms with E-state index >= 15 is 0 Å². The van der Waals surface area contributed by atoms with E-state index in [9.17, 15) is 4.79 Å². The van der Waals surface area contributed by atoms with Gasteiger partial charge < -0.3 is 9.47 Å². The van der Waals surface area contributed by atoms with Gasteiger partial charge in [-0.2, -0.15) is 0 Å². The molecule has 0 aliphatic rings. The molecule has 2 aromatic carbocycles. The second-order valence-corrected chi connectivity index (χ2v) is 8.75. The number of hydrogen-bond donors (Lipinski definition) is 0. The van der Waals surface area contributed by atoms with Gasteiger partial charge in [0.25, 0.3) is 0 Å². The molecule has 1 unspecified atom stereocenters. The van der Waals surface area contributed by atoms with E-state index in [1.807, 2.05) is 48.5 Å². The Morgan fingerprint density at radius 2 is 1.34 bits per heavy atom. The van der Waals surface area contributed by atoms with E-state index in [0.29, 0.717) is 11.3 Å². The summed E-state index contributed by atoms with van der Waals surface area (Å²) in [6, 6.07) is 15.5. The number of esters is 1. The van der Waals surface area contributed by atoms with Crippen LogP contribution in [0, 0.1) is 0 Å². The molecule has 2 aromatic rings. The van der Waals surface area contributed by atoms with E-state index < -0.39 is 0 Å². The predicted octanol–water partition coefficient (Wildman–Crippen LogP) is 8.47. The quantitative estimate of drug-likeness (QED) is 0.150. The van der Waals surface area contributed by atoms with Crippen LogP contribution in [0.2, 0.25) is 0 Å². The zero-order valence-electron chi connectivity index (χ0n) is 20.4. The van der Waals surface area contributed by atoms with Crippen molar-refractivity contribution in [2.24, 2.45) is 0 Å². The van der Waals surface area contributed by atoms with Crippen molar-refractivity contribution >= 4 is 5.97 Å². The van der Waals surface area contributed by atoms with Crippen LogP contribution in [0.5, 0.6) is 5.75 Å². The second-order valence-electron chi connectivity index (χ2n) is 8.75. The lowest BCUT2D eigenvalue weighted by Crippen LogP contribution is -2.08. The number of ether oxygens (including phenoxy) is 2. The molecule has 3 nitrogen and oxygen atoms in total. The molecule has 0 heterocycles. The van der Waals surface area contributed by atoms with E-state index in [4.69, 9.17) is 9.47 Å². The Balaban J connectivity index is 1.74. The molecule has 32 heavy (non-hydrogen) atoms. The molecule has 0 amide bonds. The first kappa shape index (κ1) is 26.1. The summed E-state index contributed by atoms with van der Waals surface area (Å²) < 4.78 is 11.5. The number of aryl methyl sites for hydroxylation is 1. The van der Waals surface area contributed by atoms with Gasteiger partial charge in [0.2, 0.25) is 0 Å². The lowest BCUT2D eigenvalue weighted by atomic mass is 10.0. The molecule has 0 aliphatic heterocycles. The summed E-state index contributed by atoms with van der Waals surface area (Å²) in [5, 5.41) is 0. The second kappa shape index (κ2) is 15.6. The Hall–Kier alpha value is -2.13. The molecule has 0 bridgehead atoms. The lowest BCUT2D eigenvalue weighted by Gasteiger charge is -2.14.